The molecule has 0 saturated heterocycles. The molecule has 1 fully saturated rings. The van der Waals surface area contributed by atoms with E-state index in [1.165, 1.54) is 6.42 Å². The molecular weight excluding hydrogens is 554 g/mol. The number of carbonyl (C=O) groups excluding carboxylic acids is 3. The summed E-state index contributed by atoms with van der Waals surface area (Å²) in [5.41, 5.74) is 2.71. The van der Waals surface area contributed by atoms with Gasteiger partial charge in [0.2, 0.25) is 11.8 Å². The Morgan fingerprint density at radius 1 is 0.955 bits per heavy atom. The van der Waals surface area contributed by atoms with Crippen LogP contribution in [-0.4, -0.2) is 52.1 Å². The van der Waals surface area contributed by atoms with Crippen molar-refractivity contribution in [1.82, 2.24) is 15.5 Å². The summed E-state index contributed by atoms with van der Waals surface area (Å²) in [7, 11) is 0. The van der Waals surface area contributed by atoms with E-state index in [2.05, 4.69) is 17.6 Å². The first-order valence-electron chi connectivity index (χ1n) is 16.3. The highest BCUT2D eigenvalue weighted by Gasteiger charge is 2.38. The van der Waals surface area contributed by atoms with Gasteiger partial charge < -0.3 is 25.4 Å². The maximum Gasteiger partial charge on any atom is 0.408 e. The summed E-state index contributed by atoms with van der Waals surface area (Å²) < 4.78 is 5.56. The summed E-state index contributed by atoms with van der Waals surface area (Å²) in [4.78, 5) is 43.8. The summed E-state index contributed by atoms with van der Waals surface area (Å²) in [5, 5.41) is 16.0. The smallest absolute Gasteiger partial charge is 0.408 e. The van der Waals surface area contributed by atoms with Crippen molar-refractivity contribution in [3.63, 3.8) is 0 Å². The van der Waals surface area contributed by atoms with Crippen LogP contribution in [0.2, 0.25) is 0 Å². The number of nitrogens with one attached hydrogen (secondary N) is 2. The van der Waals surface area contributed by atoms with Crippen LogP contribution < -0.4 is 10.6 Å². The maximum atomic E-state index is 14.7. The fraction of sp³-hybridized carbons (Fsp3) is 0.583. The number of phenols is 1. The van der Waals surface area contributed by atoms with E-state index in [4.69, 9.17) is 4.74 Å². The third-order valence-corrected chi connectivity index (χ3v) is 8.23. The Hall–Kier alpha value is -3.55. The average Bonchev–Trinajstić information content (AvgIpc) is 2.95. The van der Waals surface area contributed by atoms with Gasteiger partial charge in [-0.05, 0) is 88.3 Å². The number of aryl methyl sites for hydroxylation is 2. The van der Waals surface area contributed by atoms with E-state index in [9.17, 15) is 19.5 Å². The molecule has 2 atom stereocenters. The molecule has 44 heavy (non-hydrogen) atoms. The van der Waals surface area contributed by atoms with Crippen molar-refractivity contribution in [3.05, 3.63) is 64.7 Å². The molecule has 0 radical (unpaired) electrons. The zero-order valence-electron chi connectivity index (χ0n) is 27.6. The first kappa shape index (κ1) is 34.9. The van der Waals surface area contributed by atoms with Gasteiger partial charge in [-0.1, -0.05) is 75.8 Å². The minimum atomic E-state index is -0.991. The number of amides is 3. The molecule has 2 unspecified atom stereocenters. The minimum absolute atomic E-state index is 0.0767. The number of benzene rings is 2. The van der Waals surface area contributed by atoms with Gasteiger partial charge in [0.15, 0.2) is 0 Å². The predicted octanol–water partition coefficient (Wildman–Crippen LogP) is 7.04. The zero-order valence-corrected chi connectivity index (χ0v) is 27.6. The van der Waals surface area contributed by atoms with E-state index in [1.807, 2.05) is 32.0 Å². The summed E-state index contributed by atoms with van der Waals surface area (Å²) in [6, 6.07) is 10.8. The lowest BCUT2D eigenvalue weighted by Gasteiger charge is -2.37. The van der Waals surface area contributed by atoms with Gasteiger partial charge in [0.1, 0.15) is 23.4 Å². The maximum absolute atomic E-state index is 14.7. The predicted molar refractivity (Wildman–Crippen MR) is 174 cm³/mol. The van der Waals surface area contributed by atoms with Gasteiger partial charge >= 0.3 is 6.09 Å². The molecule has 0 aliphatic heterocycles. The molecule has 1 saturated carbocycles. The second-order valence-corrected chi connectivity index (χ2v) is 13.2. The molecule has 3 amide bonds. The molecule has 0 heterocycles. The molecule has 2 aromatic carbocycles. The van der Waals surface area contributed by atoms with Crippen LogP contribution in [0.4, 0.5) is 4.79 Å². The molecule has 3 N–H and O–H groups in total. The van der Waals surface area contributed by atoms with Crippen LogP contribution in [0.5, 0.6) is 5.75 Å². The largest absolute Gasteiger partial charge is 0.508 e. The van der Waals surface area contributed by atoms with Gasteiger partial charge in [-0.2, -0.15) is 0 Å². The van der Waals surface area contributed by atoms with Crippen molar-refractivity contribution in [1.29, 1.82) is 0 Å². The molecule has 242 valence electrons. The van der Waals surface area contributed by atoms with Gasteiger partial charge in [0, 0.05) is 19.0 Å². The standard InChI is InChI=1S/C36H53N3O5/c1-7-8-9-13-23-39(32(31-25(2)15-14-16-26(31)3)33(41)37-28-17-11-10-12-18-28)34(42)30(38-35(43)44-36(4,5)6)24-27-19-21-29(40)22-20-27/h14-16,19-22,28,30,32,40H,7-13,17-18,23-24H2,1-6H3,(H,37,41)(H,38,43). The Morgan fingerprint density at radius 2 is 1.59 bits per heavy atom. The fourth-order valence-corrected chi connectivity index (χ4v) is 6.01. The summed E-state index contributed by atoms with van der Waals surface area (Å²) in [6.07, 6.45) is 8.38. The highest BCUT2D eigenvalue weighted by Crippen LogP contribution is 2.30. The van der Waals surface area contributed by atoms with Gasteiger partial charge in [-0.15, -0.1) is 0 Å². The van der Waals surface area contributed by atoms with Gasteiger partial charge in [0.05, 0.1) is 0 Å². The van der Waals surface area contributed by atoms with E-state index in [-0.39, 0.29) is 30.0 Å². The van der Waals surface area contributed by atoms with Crippen molar-refractivity contribution in [3.8, 4) is 5.75 Å². The molecule has 3 rings (SSSR count). The van der Waals surface area contributed by atoms with E-state index < -0.39 is 23.8 Å². The van der Waals surface area contributed by atoms with Crippen LogP contribution in [0.25, 0.3) is 0 Å². The number of nitrogens with zero attached hydrogens (tertiary/aromatic N) is 1. The summed E-state index contributed by atoms with van der Waals surface area (Å²) in [5.74, 6) is -0.408. The third-order valence-electron chi connectivity index (χ3n) is 8.23. The zero-order chi connectivity index (χ0) is 32.3. The Bertz CT molecular complexity index is 1210. The number of hydrogen-bond donors (Lipinski definition) is 3. The van der Waals surface area contributed by atoms with Crippen LogP contribution in [-0.2, 0) is 20.7 Å². The van der Waals surface area contributed by atoms with Crippen LogP contribution in [0.15, 0.2) is 42.5 Å². The quantitative estimate of drug-likeness (QED) is 0.212. The number of unbranched alkanes of at least 4 members (excludes halogenated alkanes) is 3. The SMILES string of the molecule is CCCCCCN(C(=O)C(Cc1ccc(O)cc1)NC(=O)OC(C)(C)C)C(C(=O)NC1CCCCC1)c1c(C)cccc1C. The number of aromatic hydroxyl groups is 1. The second kappa shape index (κ2) is 16.5. The minimum Gasteiger partial charge on any atom is -0.508 e. The molecule has 8 heteroatoms. The second-order valence-electron chi connectivity index (χ2n) is 13.2. The molecule has 1 aliphatic rings. The Kier molecular flexibility index (Phi) is 13.1. The molecular formula is C36H53N3O5. The Balaban J connectivity index is 2.07. The lowest BCUT2D eigenvalue weighted by Crippen LogP contribution is -2.55. The van der Waals surface area contributed by atoms with Crippen molar-refractivity contribution in [2.24, 2.45) is 0 Å². The van der Waals surface area contributed by atoms with E-state index >= 15 is 0 Å². The van der Waals surface area contributed by atoms with E-state index in [0.29, 0.717) is 6.54 Å². The average molecular weight is 608 g/mol. The molecule has 0 bridgehead atoms. The summed E-state index contributed by atoms with van der Waals surface area (Å²) >= 11 is 0. The van der Waals surface area contributed by atoms with Crippen LogP contribution >= 0.6 is 0 Å². The van der Waals surface area contributed by atoms with Crippen molar-refractivity contribution in [2.75, 3.05) is 6.54 Å². The first-order chi connectivity index (χ1) is 20.9. The Labute approximate surface area is 263 Å². The van der Waals surface area contributed by atoms with Crippen LogP contribution in [0.3, 0.4) is 0 Å². The van der Waals surface area contributed by atoms with Crippen LogP contribution in [0, 0.1) is 13.8 Å². The number of ether oxygens (including phenoxy) is 1. The van der Waals surface area contributed by atoms with Crippen LogP contribution in [0.1, 0.15) is 114 Å². The van der Waals surface area contributed by atoms with E-state index in [1.54, 1.807) is 49.9 Å². The number of alkyl carbamates (subject to hydrolysis) is 1. The molecule has 1 aliphatic carbocycles. The third kappa shape index (κ3) is 10.6. The van der Waals surface area contributed by atoms with Crippen molar-refractivity contribution >= 4 is 17.9 Å². The lowest BCUT2D eigenvalue weighted by atomic mass is 9.91. The fourth-order valence-electron chi connectivity index (χ4n) is 6.01. The molecule has 2 aromatic rings. The van der Waals surface area contributed by atoms with Crippen molar-refractivity contribution in [2.45, 2.75) is 129 Å². The monoisotopic (exact) mass is 607 g/mol. The summed E-state index contributed by atoms with van der Waals surface area (Å²) in [6.45, 7) is 11.8. The highest BCUT2D eigenvalue weighted by molar-refractivity contribution is 5.93. The molecule has 8 nitrogen and oxygen atoms in total. The topological polar surface area (TPSA) is 108 Å². The first-order valence-corrected chi connectivity index (χ1v) is 16.3. The molecule has 0 aromatic heterocycles. The highest BCUT2D eigenvalue weighted by atomic mass is 16.6. The normalized spacial score (nSPS) is 15.2. The van der Waals surface area contributed by atoms with Gasteiger partial charge in [-0.25, -0.2) is 4.79 Å². The number of rotatable bonds is 13. The number of carbonyl (C=O) groups is 3. The van der Waals surface area contributed by atoms with Gasteiger partial charge in [-0.3, -0.25) is 9.59 Å². The Morgan fingerprint density at radius 3 is 2.18 bits per heavy atom. The van der Waals surface area contributed by atoms with Gasteiger partial charge in [0.25, 0.3) is 0 Å². The molecule has 0 spiro atoms. The lowest BCUT2D eigenvalue weighted by molar-refractivity contribution is -0.143. The van der Waals surface area contributed by atoms with E-state index in [0.717, 1.165) is 73.6 Å². The number of phenolic OH excluding ortho intramolecular Hbond substituents is 1. The number of hydrogen-bond acceptors (Lipinski definition) is 5. The van der Waals surface area contributed by atoms with Crippen molar-refractivity contribution < 1.29 is 24.2 Å².